The quantitative estimate of drug-likeness (QED) is 0.876. The summed E-state index contributed by atoms with van der Waals surface area (Å²) < 4.78 is 0. The Morgan fingerprint density at radius 1 is 1.22 bits per heavy atom. The summed E-state index contributed by atoms with van der Waals surface area (Å²) in [6, 6.07) is 3.71. The summed E-state index contributed by atoms with van der Waals surface area (Å²) in [5.74, 6) is -0.0109. The van der Waals surface area contributed by atoms with Gasteiger partial charge in [-0.3, -0.25) is 9.69 Å². The minimum atomic E-state index is -0.208. The normalized spacial score (nSPS) is 16.2. The van der Waals surface area contributed by atoms with Crippen LogP contribution < -0.4 is 10.6 Å². The van der Waals surface area contributed by atoms with Crippen LogP contribution in [0.2, 0.25) is 0 Å². The van der Waals surface area contributed by atoms with E-state index < -0.39 is 0 Å². The molecule has 6 nitrogen and oxygen atoms in total. The molecule has 2 rings (SSSR count). The van der Waals surface area contributed by atoms with Crippen molar-refractivity contribution in [1.29, 1.82) is 0 Å². The maximum Gasteiger partial charge on any atom is 0.317 e. The zero-order chi connectivity index (χ0) is 16.9. The number of hydrogen-bond donors (Lipinski definition) is 2. The predicted molar refractivity (Wildman–Crippen MR) is 92.9 cm³/mol. The van der Waals surface area contributed by atoms with Gasteiger partial charge in [-0.1, -0.05) is 6.07 Å². The van der Waals surface area contributed by atoms with Gasteiger partial charge in [0.1, 0.15) is 0 Å². The van der Waals surface area contributed by atoms with E-state index in [1.165, 1.54) is 11.3 Å². The van der Waals surface area contributed by atoms with Gasteiger partial charge in [-0.05, 0) is 32.2 Å². The van der Waals surface area contributed by atoms with Crippen LogP contribution in [-0.2, 0) is 0 Å². The molecule has 0 saturated carbocycles. The van der Waals surface area contributed by atoms with E-state index >= 15 is 0 Å². The SMILES string of the molecule is CC(C)(C)NC(=O)N1CCN(CCNC(=O)c2cccs2)CC1. The first-order valence-electron chi connectivity index (χ1n) is 7.96. The van der Waals surface area contributed by atoms with Gasteiger partial charge in [0, 0.05) is 44.8 Å². The molecule has 2 N–H and O–H groups in total. The Hall–Kier alpha value is -1.60. The monoisotopic (exact) mass is 338 g/mol. The molecule has 7 heteroatoms. The van der Waals surface area contributed by atoms with Crippen LogP contribution in [0.15, 0.2) is 17.5 Å². The van der Waals surface area contributed by atoms with Crippen molar-refractivity contribution in [1.82, 2.24) is 20.4 Å². The topological polar surface area (TPSA) is 64.7 Å². The lowest BCUT2D eigenvalue weighted by Gasteiger charge is -2.36. The second kappa shape index (κ2) is 7.79. The smallest absolute Gasteiger partial charge is 0.317 e. The number of urea groups is 1. The molecule has 1 aliphatic rings. The van der Waals surface area contributed by atoms with E-state index in [1.54, 1.807) is 0 Å². The van der Waals surface area contributed by atoms with Crippen molar-refractivity contribution in [2.75, 3.05) is 39.3 Å². The van der Waals surface area contributed by atoms with Crippen LogP contribution in [-0.4, -0.2) is 66.5 Å². The van der Waals surface area contributed by atoms with Gasteiger partial charge in [-0.25, -0.2) is 4.79 Å². The summed E-state index contributed by atoms with van der Waals surface area (Å²) in [7, 11) is 0. The van der Waals surface area contributed by atoms with Gasteiger partial charge in [-0.2, -0.15) is 0 Å². The van der Waals surface area contributed by atoms with E-state index in [1.807, 2.05) is 43.2 Å². The number of thiophene rings is 1. The highest BCUT2D eigenvalue weighted by atomic mass is 32.1. The molecule has 0 aromatic carbocycles. The lowest BCUT2D eigenvalue weighted by atomic mass is 10.1. The first kappa shape index (κ1) is 17.7. The number of amides is 3. The number of nitrogens with one attached hydrogen (secondary N) is 2. The average molecular weight is 338 g/mol. The maximum atomic E-state index is 12.1. The molecule has 0 unspecified atom stereocenters. The largest absolute Gasteiger partial charge is 0.350 e. The Morgan fingerprint density at radius 3 is 2.48 bits per heavy atom. The maximum absolute atomic E-state index is 12.1. The molecule has 0 spiro atoms. The number of carbonyl (C=O) groups is 2. The third-order valence-electron chi connectivity index (χ3n) is 3.60. The van der Waals surface area contributed by atoms with Gasteiger partial charge in [0.15, 0.2) is 0 Å². The summed E-state index contributed by atoms with van der Waals surface area (Å²) in [5, 5.41) is 7.82. The third-order valence-corrected chi connectivity index (χ3v) is 4.47. The van der Waals surface area contributed by atoms with E-state index in [0.717, 1.165) is 37.6 Å². The summed E-state index contributed by atoms with van der Waals surface area (Å²) in [6.07, 6.45) is 0. The van der Waals surface area contributed by atoms with Crippen LogP contribution in [0.3, 0.4) is 0 Å². The Kier molecular flexibility index (Phi) is 6.01. The minimum absolute atomic E-state index is 0.00291. The van der Waals surface area contributed by atoms with E-state index in [2.05, 4.69) is 15.5 Å². The van der Waals surface area contributed by atoms with Crippen molar-refractivity contribution in [3.05, 3.63) is 22.4 Å². The minimum Gasteiger partial charge on any atom is -0.350 e. The molecule has 2 heterocycles. The summed E-state index contributed by atoms with van der Waals surface area (Å²) in [4.78, 5) is 28.8. The van der Waals surface area contributed by atoms with Gasteiger partial charge >= 0.3 is 6.03 Å². The Labute approximate surface area is 141 Å². The van der Waals surface area contributed by atoms with Crippen LogP contribution in [0, 0.1) is 0 Å². The zero-order valence-electron chi connectivity index (χ0n) is 14.1. The number of hydrogen-bond acceptors (Lipinski definition) is 4. The van der Waals surface area contributed by atoms with Crippen molar-refractivity contribution >= 4 is 23.3 Å². The van der Waals surface area contributed by atoms with E-state index in [4.69, 9.17) is 0 Å². The molecule has 1 aromatic rings. The number of rotatable bonds is 4. The fraction of sp³-hybridized carbons (Fsp3) is 0.625. The van der Waals surface area contributed by atoms with Crippen LogP contribution >= 0.6 is 11.3 Å². The van der Waals surface area contributed by atoms with Crippen LogP contribution in [0.25, 0.3) is 0 Å². The third kappa shape index (κ3) is 5.84. The van der Waals surface area contributed by atoms with Crippen molar-refractivity contribution < 1.29 is 9.59 Å². The lowest BCUT2D eigenvalue weighted by Crippen LogP contribution is -2.55. The first-order valence-corrected chi connectivity index (χ1v) is 8.84. The standard InChI is InChI=1S/C16H26N4O2S/c1-16(2,3)18-15(22)20-10-8-19(9-11-20)7-6-17-14(21)13-5-4-12-23-13/h4-5,12H,6-11H2,1-3H3,(H,17,21)(H,18,22). The first-order chi connectivity index (χ1) is 10.8. The van der Waals surface area contributed by atoms with Crippen LogP contribution in [0.1, 0.15) is 30.4 Å². The molecule has 1 aromatic heterocycles. The van der Waals surface area contributed by atoms with Crippen molar-refractivity contribution in [3.63, 3.8) is 0 Å². The molecule has 1 aliphatic heterocycles. The van der Waals surface area contributed by atoms with Gasteiger partial charge in [0.2, 0.25) is 0 Å². The molecular weight excluding hydrogens is 312 g/mol. The molecule has 0 radical (unpaired) electrons. The predicted octanol–water partition coefficient (Wildman–Crippen LogP) is 1.60. The van der Waals surface area contributed by atoms with Gasteiger partial charge in [0.05, 0.1) is 4.88 Å². The number of nitrogens with zero attached hydrogens (tertiary/aromatic N) is 2. The second-order valence-electron chi connectivity index (χ2n) is 6.74. The molecule has 0 aliphatic carbocycles. The molecule has 1 saturated heterocycles. The van der Waals surface area contributed by atoms with E-state index in [9.17, 15) is 9.59 Å². The Balaban J connectivity index is 1.65. The average Bonchev–Trinajstić information content (AvgIpc) is 3.00. The van der Waals surface area contributed by atoms with Gasteiger partial charge in [-0.15, -0.1) is 11.3 Å². The van der Waals surface area contributed by atoms with Crippen molar-refractivity contribution in [2.24, 2.45) is 0 Å². The lowest BCUT2D eigenvalue weighted by molar-refractivity contribution is 0.0945. The summed E-state index contributed by atoms with van der Waals surface area (Å²) in [5.41, 5.74) is -0.208. The second-order valence-corrected chi connectivity index (χ2v) is 7.69. The molecular formula is C16H26N4O2S. The molecule has 3 amide bonds. The summed E-state index contributed by atoms with van der Waals surface area (Å²) >= 11 is 1.45. The number of piperazine rings is 1. The fourth-order valence-corrected chi connectivity index (χ4v) is 3.04. The van der Waals surface area contributed by atoms with E-state index in [0.29, 0.717) is 6.54 Å². The Morgan fingerprint density at radius 2 is 1.91 bits per heavy atom. The van der Waals surface area contributed by atoms with Crippen molar-refractivity contribution in [3.8, 4) is 0 Å². The molecule has 1 fully saturated rings. The summed E-state index contributed by atoms with van der Waals surface area (Å²) in [6.45, 7) is 10.5. The molecule has 23 heavy (non-hydrogen) atoms. The number of carbonyl (C=O) groups excluding carboxylic acids is 2. The molecule has 0 bridgehead atoms. The molecule has 0 atom stereocenters. The highest BCUT2D eigenvalue weighted by Gasteiger charge is 2.23. The fourth-order valence-electron chi connectivity index (χ4n) is 2.40. The van der Waals surface area contributed by atoms with Gasteiger partial charge < -0.3 is 15.5 Å². The highest BCUT2D eigenvalue weighted by molar-refractivity contribution is 7.12. The molecule has 128 valence electrons. The van der Waals surface area contributed by atoms with Crippen molar-refractivity contribution in [2.45, 2.75) is 26.3 Å². The zero-order valence-corrected chi connectivity index (χ0v) is 14.9. The van der Waals surface area contributed by atoms with Crippen LogP contribution in [0.5, 0.6) is 0 Å². The van der Waals surface area contributed by atoms with E-state index in [-0.39, 0.29) is 17.5 Å². The van der Waals surface area contributed by atoms with Crippen LogP contribution in [0.4, 0.5) is 4.79 Å². The Bertz CT molecular complexity index is 517. The highest BCUT2D eigenvalue weighted by Crippen LogP contribution is 2.08. The van der Waals surface area contributed by atoms with Gasteiger partial charge in [0.25, 0.3) is 5.91 Å².